The average Bonchev–Trinajstić information content (AvgIpc) is 3.51. The van der Waals surface area contributed by atoms with Gasteiger partial charge < -0.3 is 29.1 Å². The lowest BCUT2D eigenvalue weighted by molar-refractivity contribution is -0.386. The van der Waals surface area contributed by atoms with Gasteiger partial charge in [-0.3, -0.25) is 19.8 Å². The summed E-state index contributed by atoms with van der Waals surface area (Å²) in [5.74, 6) is -2.78. The number of furan rings is 1. The Morgan fingerprint density at radius 1 is 1.15 bits per heavy atom. The van der Waals surface area contributed by atoms with E-state index in [9.17, 15) is 29.3 Å². The summed E-state index contributed by atoms with van der Waals surface area (Å²) in [6, 6.07) is 10.4. The van der Waals surface area contributed by atoms with Crippen molar-refractivity contribution in [1.82, 2.24) is 10.2 Å². The second kappa shape index (κ2) is 11.4. The van der Waals surface area contributed by atoms with Crippen molar-refractivity contribution in [3.63, 3.8) is 0 Å². The number of urea groups is 1. The molecule has 0 saturated carbocycles. The van der Waals surface area contributed by atoms with E-state index in [4.69, 9.17) is 19.0 Å². The topological polar surface area (TPSA) is 188 Å². The number of carbonyl (C=O) groups is 4. The largest absolute Gasteiger partial charge is 0.493 e. The molecule has 0 radical (unpaired) electrons. The van der Waals surface area contributed by atoms with Crippen LogP contribution in [0.5, 0.6) is 11.5 Å². The quantitative estimate of drug-likeness (QED) is 0.124. The van der Waals surface area contributed by atoms with E-state index in [2.05, 4.69) is 10.1 Å². The molecule has 2 aromatic carbocycles. The zero-order valence-electron chi connectivity index (χ0n) is 21.0. The number of hydrogen-bond donors (Lipinski definition) is 2. The summed E-state index contributed by atoms with van der Waals surface area (Å²) in [7, 11) is 2.45. The number of nitro benzene ring substituents is 1. The fourth-order valence-corrected chi connectivity index (χ4v) is 3.78. The third kappa shape index (κ3) is 5.75. The number of nitro groups is 1. The molecule has 14 heteroatoms. The van der Waals surface area contributed by atoms with Crippen LogP contribution in [-0.4, -0.2) is 53.0 Å². The van der Waals surface area contributed by atoms with E-state index in [0.29, 0.717) is 5.56 Å². The molecule has 0 aliphatic carbocycles. The Kier molecular flexibility index (Phi) is 7.79. The van der Waals surface area contributed by atoms with E-state index in [1.54, 1.807) is 6.07 Å². The number of carboxylic acids is 1. The third-order valence-electron chi connectivity index (χ3n) is 5.67. The molecule has 3 amide bonds. The summed E-state index contributed by atoms with van der Waals surface area (Å²) >= 11 is 0. The van der Waals surface area contributed by atoms with Gasteiger partial charge in [-0.25, -0.2) is 14.4 Å². The highest BCUT2D eigenvalue weighted by atomic mass is 16.6. The Bertz CT molecular complexity index is 1560. The SMILES string of the molecule is COC(=O)c1ccc(CN2C(=O)N/C(=C\c3cc(OC)c(OCc4cccc(C(=O)O)c4)c([N+](=O)[O-])c3)C2=O)o1. The Morgan fingerprint density at radius 3 is 2.60 bits per heavy atom. The van der Waals surface area contributed by atoms with Gasteiger partial charge in [-0.15, -0.1) is 0 Å². The number of nitrogens with zero attached hydrogens (tertiary/aromatic N) is 2. The summed E-state index contributed by atoms with van der Waals surface area (Å²) in [4.78, 5) is 60.1. The molecule has 2 N–H and O–H groups in total. The second-order valence-corrected chi connectivity index (χ2v) is 8.26. The van der Waals surface area contributed by atoms with Gasteiger partial charge in [0.2, 0.25) is 11.5 Å². The second-order valence-electron chi connectivity index (χ2n) is 8.26. The number of ether oxygens (including phenoxy) is 3. The zero-order valence-corrected chi connectivity index (χ0v) is 21.0. The third-order valence-corrected chi connectivity index (χ3v) is 5.67. The summed E-state index contributed by atoms with van der Waals surface area (Å²) < 4.78 is 20.8. The average molecular weight is 551 g/mol. The van der Waals surface area contributed by atoms with Crippen LogP contribution < -0.4 is 14.8 Å². The van der Waals surface area contributed by atoms with Gasteiger partial charge in [-0.1, -0.05) is 12.1 Å². The number of methoxy groups -OCH3 is 2. The minimum Gasteiger partial charge on any atom is -0.493 e. The highest BCUT2D eigenvalue weighted by molar-refractivity contribution is 6.14. The molecule has 1 aliphatic rings. The van der Waals surface area contributed by atoms with E-state index in [1.807, 2.05) is 0 Å². The number of aromatic carboxylic acids is 1. The number of carbonyl (C=O) groups excluding carboxylic acids is 3. The van der Waals surface area contributed by atoms with Crippen LogP contribution in [0.4, 0.5) is 10.5 Å². The van der Waals surface area contributed by atoms with E-state index in [1.165, 1.54) is 56.7 Å². The minimum absolute atomic E-state index is 0.0258. The van der Waals surface area contributed by atoms with Crippen LogP contribution in [0.25, 0.3) is 6.08 Å². The monoisotopic (exact) mass is 551 g/mol. The van der Waals surface area contributed by atoms with Gasteiger partial charge in [0.25, 0.3) is 5.91 Å². The maximum atomic E-state index is 12.9. The van der Waals surface area contributed by atoms with Crippen molar-refractivity contribution in [2.45, 2.75) is 13.2 Å². The van der Waals surface area contributed by atoms with Gasteiger partial charge in [0.1, 0.15) is 18.1 Å². The number of nitrogens with one attached hydrogen (secondary N) is 1. The van der Waals surface area contributed by atoms with E-state index in [0.717, 1.165) is 11.0 Å². The molecule has 1 aliphatic heterocycles. The number of rotatable bonds is 10. The van der Waals surface area contributed by atoms with E-state index < -0.39 is 34.5 Å². The maximum Gasteiger partial charge on any atom is 0.373 e. The lowest BCUT2D eigenvalue weighted by Gasteiger charge is -2.12. The first kappa shape index (κ1) is 27.4. The van der Waals surface area contributed by atoms with Crippen LogP contribution in [0.2, 0.25) is 0 Å². The van der Waals surface area contributed by atoms with Crippen molar-refractivity contribution < 1.29 is 47.8 Å². The summed E-state index contributed by atoms with van der Waals surface area (Å²) in [6.07, 6.45) is 1.23. The zero-order chi connectivity index (χ0) is 29.0. The molecule has 2 heterocycles. The summed E-state index contributed by atoms with van der Waals surface area (Å²) in [5.41, 5.74) is -0.0180. The van der Waals surface area contributed by atoms with Crippen molar-refractivity contribution >= 4 is 35.6 Å². The van der Waals surface area contributed by atoms with Gasteiger partial charge in [0.05, 0.1) is 31.3 Å². The molecule has 206 valence electrons. The van der Waals surface area contributed by atoms with Crippen LogP contribution in [0, 0.1) is 10.1 Å². The first-order valence-electron chi connectivity index (χ1n) is 11.4. The van der Waals surface area contributed by atoms with Gasteiger partial charge >= 0.3 is 23.7 Å². The highest BCUT2D eigenvalue weighted by Gasteiger charge is 2.35. The molecule has 0 spiro atoms. The Labute approximate surface area is 225 Å². The number of amides is 3. The smallest absolute Gasteiger partial charge is 0.373 e. The van der Waals surface area contributed by atoms with E-state index in [-0.39, 0.29) is 53.0 Å². The molecular formula is C26H21N3O11. The maximum absolute atomic E-state index is 12.9. The fourth-order valence-electron chi connectivity index (χ4n) is 3.78. The molecule has 1 fully saturated rings. The van der Waals surface area contributed by atoms with Crippen molar-refractivity contribution in [2.24, 2.45) is 0 Å². The molecule has 3 aromatic rings. The van der Waals surface area contributed by atoms with Crippen LogP contribution in [0.15, 0.2) is 58.6 Å². The van der Waals surface area contributed by atoms with Crippen LogP contribution >= 0.6 is 0 Å². The first-order valence-corrected chi connectivity index (χ1v) is 11.4. The predicted molar refractivity (Wildman–Crippen MR) is 134 cm³/mol. The number of imide groups is 1. The molecule has 0 bridgehead atoms. The van der Waals surface area contributed by atoms with E-state index >= 15 is 0 Å². The Morgan fingerprint density at radius 2 is 1.93 bits per heavy atom. The van der Waals surface area contributed by atoms with Crippen molar-refractivity contribution in [2.75, 3.05) is 14.2 Å². The standard InChI is InChI=1S/C26H21N3O11/c1-37-21-11-15(10-19(29(35)36)22(21)39-13-14-4-3-5-16(8-14)24(31)32)9-18-23(30)28(26(34)27-18)12-17-6-7-20(40-17)25(33)38-2/h3-11H,12-13H2,1-2H3,(H,27,34)(H,31,32)/b18-9-. The van der Waals surface area contributed by atoms with Crippen molar-refractivity contribution in [1.29, 1.82) is 0 Å². The Hall–Kier alpha value is -5.66. The van der Waals surface area contributed by atoms with Crippen LogP contribution in [0.1, 0.15) is 37.8 Å². The molecule has 4 rings (SSSR count). The van der Waals surface area contributed by atoms with Crippen LogP contribution in [0.3, 0.4) is 0 Å². The molecular weight excluding hydrogens is 530 g/mol. The van der Waals surface area contributed by atoms with Crippen LogP contribution in [-0.2, 0) is 22.7 Å². The highest BCUT2D eigenvalue weighted by Crippen LogP contribution is 2.39. The molecule has 1 saturated heterocycles. The number of esters is 1. The minimum atomic E-state index is -1.13. The van der Waals surface area contributed by atoms with Crippen molar-refractivity contribution in [3.8, 4) is 11.5 Å². The lowest BCUT2D eigenvalue weighted by Crippen LogP contribution is -2.30. The summed E-state index contributed by atoms with van der Waals surface area (Å²) in [6.45, 7) is -0.467. The van der Waals surface area contributed by atoms with Gasteiger partial charge in [-0.05, 0) is 47.5 Å². The normalized spacial score (nSPS) is 13.8. The lowest BCUT2D eigenvalue weighted by atomic mass is 10.1. The predicted octanol–water partition coefficient (Wildman–Crippen LogP) is 3.35. The van der Waals surface area contributed by atoms with Gasteiger partial charge in [0, 0.05) is 6.07 Å². The molecule has 0 unspecified atom stereocenters. The molecule has 14 nitrogen and oxygen atoms in total. The first-order chi connectivity index (χ1) is 19.1. The molecule has 1 aromatic heterocycles. The number of benzene rings is 2. The Balaban J connectivity index is 1.58. The summed E-state index contributed by atoms with van der Waals surface area (Å²) in [5, 5.41) is 23.4. The van der Waals surface area contributed by atoms with Gasteiger partial charge in [0.15, 0.2) is 5.75 Å². The van der Waals surface area contributed by atoms with Gasteiger partial charge in [-0.2, -0.15) is 0 Å². The number of hydrogen-bond acceptors (Lipinski definition) is 10. The number of carboxylic acid groups (broad SMARTS) is 1. The molecule has 0 atom stereocenters. The molecule has 40 heavy (non-hydrogen) atoms. The fraction of sp³-hybridized carbons (Fsp3) is 0.154. The van der Waals surface area contributed by atoms with Crippen molar-refractivity contribution in [3.05, 3.63) is 92.6 Å².